The number of halogens is 1. The topological polar surface area (TPSA) is 63.2 Å². The number of hydrogen-bond acceptors (Lipinski definition) is 4. The van der Waals surface area contributed by atoms with Crippen molar-refractivity contribution in [2.75, 3.05) is 25.5 Å². The molecule has 0 bridgehead atoms. The van der Waals surface area contributed by atoms with Gasteiger partial charge in [-0.3, -0.25) is 4.79 Å². The van der Waals surface area contributed by atoms with E-state index in [0.29, 0.717) is 36.2 Å². The number of nitrogens with one attached hydrogen (secondary N) is 2. The molecule has 2 N–H and O–H groups in total. The van der Waals surface area contributed by atoms with Crippen LogP contribution in [0.1, 0.15) is 0 Å². The van der Waals surface area contributed by atoms with Crippen molar-refractivity contribution in [3.05, 3.63) is 17.3 Å². The van der Waals surface area contributed by atoms with Crippen LogP contribution in [-0.2, 0) is 4.79 Å². The fourth-order valence-corrected chi connectivity index (χ4v) is 1.12. The van der Waals surface area contributed by atoms with Crippen LogP contribution < -0.4 is 15.4 Å². The number of carbonyl (C=O) groups is 1. The zero-order valence-electron chi connectivity index (χ0n) is 8.29. The first-order valence-corrected chi connectivity index (χ1v) is 4.79. The minimum absolute atomic E-state index is 0.363. The number of anilines is 1. The van der Waals surface area contributed by atoms with E-state index in [0.717, 1.165) is 0 Å². The number of amides is 1. The highest BCUT2D eigenvalue weighted by Gasteiger charge is 2.05. The summed E-state index contributed by atoms with van der Waals surface area (Å²) in [5, 5.41) is 5.85. The van der Waals surface area contributed by atoms with Gasteiger partial charge in [-0.25, -0.2) is 4.98 Å². The summed E-state index contributed by atoms with van der Waals surface area (Å²) in [5.41, 5.74) is 0.466. The lowest BCUT2D eigenvalue weighted by atomic mass is 10.4. The molecule has 1 amide bonds. The Bertz CT molecular complexity index is 333. The zero-order valence-corrected chi connectivity index (χ0v) is 9.04. The second-order valence-corrected chi connectivity index (χ2v) is 3.16. The van der Waals surface area contributed by atoms with Gasteiger partial charge in [0.25, 0.3) is 0 Å². The van der Waals surface area contributed by atoms with Crippen LogP contribution in [-0.4, -0.2) is 31.6 Å². The van der Waals surface area contributed by atoms with Crippen molar-refractivity contribution >= 4 is 23.7 Å². The largest absolute Gasteiger partial charge is 0.475 e. The van der Waals surface area contributed by atoms with Gasteiger partial charge in [0.15, 0.2) is 0 Å². The predicted molar refractivity (Wildman–Crippen MR) is 58.4 cm³/mol. The summed E-state index contributed by atoms with van der Waals surface area (Å²) in [5.74, 6) is 0.363. The normalized spacial score (nSPS) is 9.73. The molecule has 0 aliphatic rings. The van der Waals surface area contributed by atoms with Crippen molar-refractivity contribution in [3.63, 3.8) is 0 Å². The molecule has 6 heteroatoms. The predicted octanol–water partition coefficient (Wildman–Crippen LogP) is 0.901. The molecule has 0 aliphatic carbocycles. The van der Waals surface area contributed by atoms with Gasteiger partial charge in [-0.1, -0.05) is 11.6 Å². The van der Waals surface area contributed by atoms with E-state index in [1.165, 1.54) is 6.20 Å². The third kappa shape index (κ3) is 3.73. The van der Waals surface area contributed by atoms with Gasteiger partial charge in [0.1, 0.15) is 12.3 Å². The Hall–Kier alpha value is -1.33. The van der Waals surface area contributed by atoms with Gasteiger partial charge in [0.2, 0.25) is 12.3 Å². The molecule has 0 saturated heterocycles. The Morgan fingerprint density at radius 3 is 3.13 bits per heavy atom. The van der Waals surface area contributed by atoms with Gasteiger partial charge in [0, 0.05) is 12.7 Å². The Kier molecular flexibility index (Phi) is 4.86. The summed E-state index contributed by atoms with van der Waals surface area (Å²) in [6.07, 6.45) is 2.02. The van der Waals surface area contributed by atoms with Gasteiger partial charge in [0.05, 0.1) is 5.02 Å². The number of ether oxygens (including phenoxy) is 1. The molecule has 5 nitrogen and oxygen atoms in total. The van der Waals surface area contributed by atoms with E-state index in [1.54, 1.807) is 6.07 Å². The van der Waals surface area contributed by atoms with Crippen LogP contribution in [0.15, 0.2) is 12.3 Å². The molecule has 82 valence electrons. The minimum Gasteiger partial charge on any atom is -0.475 e. The average Bonchev–Trinajstić information content (AvgIpc) is 2.22. The maximum atomic E-state index is 10.3. The molecule has 0 aromatic carbocycles. The van der Waals surface area contributed by atoms with Crippen LogP contribution in [0.2, 0.25) is 5.02 Å². The van der Waals surface area contributed by atoms with Gasteiger partial charge in [-0.2, -0.15) is 0 Å². The van der Waals surface area contributed by atoms with Crippen LogP contribution in [0.3, 0.4) is 0 Å². The SMILES string of the molecule is CNCCOc1ncc(Cl)cc1NC=O. The number of hydrogen-bond donors (Lipinski definition) is 2. The summed E-state index contributed by atoms with van der Waals surface area (Å²) in [6, 6.07) is 1.58. The Morgan fingerprint density at radius 1 is 1.67 bits per heavy atom. The maximum absolute atomic E-state index is 10.3. The lowest BCUT2D eigenvalue weighted by Crippen LogP contribution is -2.16. The summed E-state index contributed by atoms with van der Waals surface area (Å²) in [7, 11) is 1.82. The highest BCUT2D eigenvalue weighted by atomic mass is 35.5. The van der Waals surface area contributed by atoms with E-state index >= 15 is 0 Å². The Labute approximate surface area is 92.8 Å². The molecule has 0 spiro atoms. The number of likely N-dealkylation sites (N-methyl/N-ethyl adjacent to an activating group) is 1. The second-order valence-electron chi connectivity index (χ2n) is 2.72. The Balaban J connectivity index is 2.71. The highest BCUT2D eigenvalue weighted by molar-refractivity contribution is 6.30. The van der Waals surface area contributed by atoms with Crippen LogP contribution in [0.5, 0.6) is 5.88 Å². The van der Waals surface area contributed by atoms with Crippen molar-refractivity contribution in [1.82, 2.24) is 10.3 Å². The van der Waals surface area contributed by atoms with Crippen molar-refractivity contribution in [2.24, 2.45) is 0 Å². The molecule has 0 saturated carbocycles. The monoisotopic (exact) mass is 229 g/mol. The molecule has 1 rings (SSSR count). The van der Waals surface area contributed by atoms with E-state index in [1.807, 2.05) is 7.05 Å². The molecule has 0 unspecified atom stereocenters. The smallest absolute Gasteiger partial charge is 0.237 e. The van der Waals surface area contributed by atoms with Gasteiger partial charge in [-0.05, 0) is 13.1 Å². The maximum Gasteiger partial charge on any atom is 0.237 e. The van der Waals surface area contributed by atoms with Crippen LogP contribution in [0.4, 0.5) is 5.69 Å². The molecule has 0 aliphatic heterocycles. The summed E-state index contributed by atoms with van der Waals surface area (Å²) >= 11 is 5.73. The third-order valence-corrected chi connectivity index (χ3v) is 1.83. The van der Waals surface area contributed by atoms with Crippen molar-refractivity contribution in [3.8, 4) is 5.88 Å². The number of pyridine rings is 1. The van der Waals surface area contributed by atoms with E-state index in [4.69, 9.17) is 16.3 Å². The molecule has 0 fully saturated rings. The summed E-state index contributed by atoms with van der Waals surface area (Å²) in [6.45, 7) is 1.17. The number of rotatable bonds is 6. The molecular weight excluding hydrogens is 218 g/mol. The standard InChI is InChI=1S/C9H12ClN3O2/c1-11-2-3-15-9-8(13-6-14)4-7(10)5-12-9/h4-6,11H,2-3H2,1H3,(H,13,14). The van der Waals surface area contributed by atoms with Gasteiger partial charge in [-0.15, -0.1) is 0 Å². The van der Waals surface area contributed by atoms with Crippen LogP contribution >= 0.6 is 11.6 Å². The van der Waals surface area contributed by atoms with E-state index in [9.17, 15) is 4.79 Å². The fourth-order valence-electron chi connectivity index (χ4n) is 0.958. The second kappa shape index (κ2) is 6.21. The molecule has 1 aromatic heterocycles. The quantitative estimate of drug-likeness (QED) is 0.562. The van der Waals surface area contributed by atoms with Crippen molar-refractivity contribution in [2.45, 2.75) is 0 Å². The van der Waals surface area contributed by atoms with Crippen LogP contribution in [0, 0.1) is 0 Å². The molecule has 0 radical (unpaired) electrons. The first-order chi connectivity index (χ1) is 7.27. The molecule has 1 aromatic rings. The van der Waals surface area contributed by atoms with E-state index in [2.05, 4.69) is 15.6 Å². The molecule has 0 atom stereocenters. The lowest BCUT2D eigenvalue weighted by molar-refractivity contribution is -0.105. The first kappa shape index (κ1) is 11.7. The van der Waals surface area contributed by atoms with Crippen molar-refractivity contribution < 1.29 is 9.53 Å². The molecule has 1 heterocycles. The number of aromatic nitrogens is 1. The van der Waals surface area contributed by atoms with Crippen molar-refractivity contribution in [1.29, 1.82) is 0 Å². The van der Waals surface area contributed by atoms with E-state index in [-0.39, 0.29) is 0 Å². The number of carbonyl (C=O) groups excluding carboxylic acids is 1. The zero-order chi connectivity index (χ0) is 11.1. The third-order valence-electron chi connectivity index (χ3n) is 1.62. The minimum atomic E-state index is 0.363. The first-order valence-electron chi connectivity index (χ1n) is 4.41. The summed E-state index contributed by atoms with van der Waals surface area (Å²) < 4.78 is 5.33. The van der Waals surface area contributed by atoms with E-state index < -0.39 is 0 Å². The van der Waals surface area contributed by atoms with Crippen LogP contribution in [0.25, 0.3) is 0 Å². The fraction of sp³-hybridized carbons (Fsp3) is 0.333. The molecule has 15 heavy (non-hydrogen) atoms. The molecular formula is C9H12ClN3O2. The lowest BCUT2D eigenvalue weighted by Gasteiger charge is -2.09. The van der Waals surface area contributed by atoms with Gasteiger partial charge < -0.3 is 15.4 Å². The average molecular weight is 230 g/mol. The van der Waals surface area contributed by atoms with Gasteiger partial charge >= 0.3 is 0 Å². The Morgan fingerprint density at radius 2 is 2.47 bits per heavy atom. The summed E-state index contributed by atoms with van der Waals surface area (Å²) in [4.78, 5) is 14.3. The highest BCUT2D eigenvalue weighted by Crippen LogP contribution is 2.24. The number of nitrogens with zero attached hydrogens (tertiary/aromatic N) is 1.